The van der Waals surface area contributed by atoms with Gasteiger partial charge in [-0.05, 0) is 43.7 Å². The van der Waals surface area contributed by atoms with Crippen molar-refractivity contribution in [1.29, 1.82) is 0 Å². The van der Waals surface area contributed by atoms with Crippen molar-refractivity contribution in [2.24, 2.45) is 0 Å². The van der Waals surface area contributed by atoms with E-state index in [9.17, 15) is 12.8 Å². The molecule has 0 radical (unpaired) electrons. The van der Waals surface area contributed by atoms with E-state index in [2.05, 4.69) is 25.6 Å². The molecule has 0 unspecified atom stereocenters. The van der Waals surface area contributed by atoms with E-state index in [0.717, 1.165) is 5.01 Å². The zero-order chi connectivity index (χ0) is 18.2. The van der Waals surface area contributed by atoms with E-state index >= 15 is 0 Å². The number of thiazole rings is 1. The Morgan fingerprint density at radius 1 is 1.16 bits per heavy atom. The Kier molecular flexibility index (Phi) is 4.95. The monoisotopic (exact) mass is 440 g/mol. The van der Waals surface area contributed by atoms with Crippen LogP contribution in [0.1, 0.15) is 10.6 Å². The molecule has 0 aliphatic heterocycles. The highest BCUT2D eigenvalue weighted by Crippen LogP contribution is 2.28. The van der Waals surface area contributed by atoms with Crippen LogP contribution in [-0.4, -0.2) is 13.4 Å². The molecule has 2 aromatic carbocycles. The molecule has 0 atom stereocenters. The molecule has 3 rings (SSSR count). The average molecular weight is 441 g/mol. The lowest BCUT2D eigenvalue weighted by atomic mass is 10.1. The standard InChI is InChI=1S/C17H14BrFN2O2S2/c1-10-3-4-12(16-9-24-11(2)20-16)7-17(10)25(22,23)21-15-6-5-13(18)8-14(15)19/h3-9,21H,1-2H3. The Balaban J connectivity index is 2.01. The van der Waals surface area contributed by atoms with Crippen molar-refractivity contribution in [3.05, 3.63) is 62.6 Å². The van der Waals surface area contributed by atoms with Gasteiger partial charge in [0.05, 0.1) is 21.3 Å². The maximum absolute atomic E-state index is 14.0. The van der Waals surface area contributed by atoms with E-state index in [1.165, 1.54) is 23.5 Å². The minimum atomic E-state index is -3.93. The molecule has 4 nitrogen and oxygen atoms in total. The van der Waals surface area contributed by atoms with Gasteiger partial charge in [-0.25, -0.2) is 17.8 Å². The second kappa shape index (κ2) is 6.86. The molecular weight excluding hydrogens is 427 g/mol. The Labute approximate surface area is 157 Å². The summed E-state index contributed by atoms with van der Waals surface area (Å²) in [6, 6.07) is 9.25. The summed E-state index contributed by atoms with van der Waals surface area (Å²) in [5.74, 6) is -0.651. The summed E-state index contributed by atoms with van der Waals surface area (Å²) in [5.41, 5.74) is 1.89. The van der Waals surface area contributed by atoms with E-state index < -0.39 is 15.8 Å². The van der Waals surface area contributed by atoms with Crippen molar-refractivity contribution < 1.29 is 12.8 Å². The molecule has 0 fully saturated rings. The number of benzene rings is 2. The molecule has 25 heavy (non-hydrogen) atoms. The van der Waals surface area contributed by atoms with Crippen LogP contribution in [0.3, 0.4) is 0 Å². The fourth-order valence-electron chi connectivity index (χ4n) is 2.32. The van der Waals surface area contributed by atoms with E-state index in [-0.39, 0.29) is 10.6 Å². The van der Waals surface area contributed by atoms with Crippen molar-refractivity contribution in [2.75, 3.05) is 4.72 Å². The normalized spacial score (nSPS) is 11.5. The molecule has 0 saturated carbocycles. The predicted octanol–water partition coefficient (Wildman–Crippen LogP) is 5.13. The van der Waals surface area contributed by atoms with E-state index in [1.54, 1.807) is 25.1 Å². The van der Waals surface area contributed by atoms with Crippen molar-refractivity contribution in [1.82, 2.24) is 4.98 Å². The van der Waals surface area contributed by atoms with Crippen molar-refractivity contribution in [2.45, 2.75) is 18.7 Å². The number of hydrogen-bond acceptors (Lipinski definition) is 4. The van der Waals surface area contributed by atoms with E-state index in [1.807, 2.05) is 18.4 Å². The maximum Gasteiger partial charge on any atom is 0.262 e. The summed E-state index contributed by atoms with van der Waals surface area (Å²) in [6.07, 6.45) is 0. The number of hydrogen-bond donors (Lipinski definition) is 1. The van der Waals surface area contributed by atoms with Crippen LogP contribution in [0.2, 0.25) is 0 Å². The number of nitrogens with one attached hydrogen (secondary N) is 1. The number of rotatable bonds is 4. The summed E-state index contributed by atoms with van der Waals surface area (Å²) in [5, 5.41) is 2.77. The number of sulfonamides is 1. The van der Waals surface area contributed by atoms with Crippen LogP contribution in [0.5, 0.6) is 0 Å². The number of halogens is 2. The SMILES string of the molecule is Cc1nc(-c2ccc(C)c(S(=O)(=O)Nc3ccc(Br)cc3F)c2)cs1. The third-order valence-electron chi connectivity index (χ3n) is 3.57. The van der Waals surface area contributed by atoms with Gasteiger partial charge in [0.25, 0.3) is 10.0 Å². The first-order chi connectivity index (χ1) is 11.8. The zero-order valence-corrected chi connectivity index (χ0v) is 16.6. The predicted molar refractivity (Wildman–Crippen MR) is 102 cm³/mol. The van der Waals surface area contributed by atoms with Gasteiger partial charge < -0.3 is 0 Å². The van der Waals surface area contributed by atoms with Crippen LogP contribution >= 0.6 is 27.3 Å². The van der Waals surface area contributed by atoms with Crippen LogP contribution in [0.25, 0.3) is 11.3 Å². The Morgan fingerprint density at radius 3 is 2.56 bits per heavy atom. The largest absolute Gasteiger partial charge is 0.277 e. The lowest BCUT2D eigenvalue weighted by Crippen LogP contribution is -2.15. The van der Waals surface area contributed by atoms with Gasteiger partial charge >= 0.3 is 0 Å². The number of anilines is 1. The van der Waals surface area contributed by atoms with Crippen LogP contribution in [0.15, 0.2) is 51.1 Å². The minimum Gasteiger partial charge on any atom is -0.277 e. The average Bonchev–Trinajstić information content (AvgIpc) is 2.97. The first-order valence-corrected chi connectivity index (χ1v) is 10.4. The maximum atomic E-state index is 14.0. The summed E-state index contributed by atoms with van der Waals surface area (Å²) < 4.78 is 42.3. The molecule has 3 aromatic rings. The molecule has 0 spiro atoms. The molecule has 0 saturated heterocycles. The Bertz CT molecular complexity index is 1050. The van der Waals surface area contributed by atoms with E-state index in [4.69, 9.17) is 0 Å². The number of nitrogens with zero attached hydrogens (tertiary/aromatic N) is 1. The quantitative estimate of drug-likeness (QED) is 0.611. The Hall–Kier alpha value is -1.77. The van der Waals surface area contributed by atoms with Gasteiger partial charge in [-0.3, -0.25) is 4.72 Å². The minimum absolute atomic E-state index is 0.0953. The van der Waals surface area contributed by atoms with Gasteiger partial charge in [-0.15, -0.1) is 11.3 Å². The zero-order valence-electron chi connectivity index (χ0n) is 13.4. The molecule has 0 aliphatic carbocycles. The molecule has 0 bridgehead atoms. The van der Waals surface area contributed by atoms with Gasteiger partial charge in [0, 0.05) is 15.4 Å². The molecule has 0 amide bonds. The molecule has 8 heteroatoms. The fraction of sp³-hybridized carbons (Fsp3) is 0.118. The van der Waals surface area contributed by atoms with E-state index in [0.29, 0.717) is 21.3 Å². The summed E-state index contributed by atoms with van der Waals surface area (Å²) in [6.45, 7) is 3.58. The molecule has 1 heterocycles. The third kappa shape index (κ3) is 3.91. The number of aromatic nitrogens is 1. The molecular formula is C17H14BrFN2O2S2. The Morgan fingerprint density at radius 2 is 1.92 bits per heavy atom. The van der Waals surface area contributed by atoms with Gasteiger partial charge in [0.15, 0.2) is 0 Å². The van der Waals surface area contributed by atoms with Crippen LogP contribution < -0.4 is 4.72 Å². The van der Waals surface area contributed by atoms with Gasteiger partial charge in [-0.1, -0.05) is 28.1 Å². The second-order valence-corrected chi connectivity index (χ2v) is 9.09. The van der Waals surface area contributed by atoms with Gasteiger partial charge in [0.2, 0.25) is 0 Å². The van der Waals surface area contributed by atoms with Crippen LogP contribution in [0.4, 0.5) is 10.1 Å². The highest BCUT2D eigenvalue weighted by atomic mass is 79.9. The molecule has 0 aliphatic rings. The fourth-order valence-corrected chi connectivity index (χ4v) is 4.61. The first-order valence-electron chi connectivity index (χ1n) is 7.27. The summed E-state index contributed by atoms with van der Waals surface area (Å²) in [7, 11) is -3.93. The van der Waals surface area contributed by atoms with Crippen LogP contribution in [-0.2, 0) is 10.0 Å². The molecule has 1 aromatic heterocycles. The second-order valence-electron chi connectivity index (χ2n) is 5.46. The third-order valence-corrected chi connectivity index (χ3v) is 6.34. The topological polar surface area (TPSA) is 59.1 Å². The van der Waals surface area contributed by atoms with Crippen molar-refractivity contribution in [3.8, 4) is 11.3 Å². The first kappa shape index (κ1) is 18.0. The lowest BCUT2D eigenvalue weighted by Gasteiger charge is -2.12. The van der Waals surface area contributed by atoms with Crippen molar-refractivity contribution >= 4 is 43.0 Å². The van der Waals surface area contributed by atoms with Gasteiger partial charge in [-0.2, -0.15) is 0 Å². The summed E-state index contributed by atoms with van der Waals surface area (Å²) >= 11 is 4.64. The smallest absolute Gasteiger partial charge is 0.262 e. The number of aryl methyl sites for hydroxylation is 2. The summed E-state index contributed by atoms with van der Waals surface area (Å²) in [4.78, 5) is 4.47. The van der Waals surface area contributed by atoms with Crippen molar-refractivity contribution in [3.63, 3.8) is 0 Å². The highest BCUT2D eigenvalue weighted by Gasteiger charge is 2.20. The highest BCUT2D eigenvalue weighted by molar-refractivity contribution is 9.10. The van der Waals surface area contributed by atoms with Crippen LogP contribution in [0, 0.1) is 19.7 Å². The van der Waals surface area contributed by atoms with Gasteiger partial charge in [0.1, 0.15) is 5.82 Å². The molecule has 1 N–H and O–H groups in total. The molecule has 130 valence electrons. The lowest BCUT2D eigenvalue weighted by molar-refractivity contribution is 0.598.